The summed E-state index contributed by atoms with van der Waals surface area (Å²) >= 11 is 0. The quantitative estimate of drug-likeness (QED) is 0.836. The zero-order valence-corrected chi connectivity index (χ0v) is 11.6. The van der Waals surface area contributed by atoms with Crippen molar-refractivity contribution in [1.82, 2.24) is 0 Å². The Labute approximate surface area is 121 Å². The maximum absolute atomic E-state index is 12.6. The predicted octanol–water partition coefficient (Wildman–Crippen LogP) is 3.29. The van der Waals surface area contributed by atoms with Crippen molar-refractivity contribution in [2.24, 2.45) is 5.92 Å². The van der Waals surface area contributed by atoms with Crippen LogP contribution >= 0.6 is 0 Å². The van der Waals surface area contributed by atoms with Gasteiger partial charge in [-0.15, -0.1) is 0 Å². The molecular formula is C15H18F3NO2. The predicted molar refractivity (Wildman–Crippen MR) is 72.1 cm³/mol. The average molecular weight is 301 g/mol. The van der Waals surface area contributed by atoms with Crippen LogP contribution in [0.5, 0.6) is 0 Å². The van der Waals surface area contributed by atoms with E-state index in [1.165, 1.54) is 0 Å². The first-order chi connectivity index (χ1) is 10.0. The Hall–Kier alpha value is -1.27. The van der Waals surface area contributed by atoms with Crippen molar-refractivity contribution in [3.8, 4) is 0 Å². The Kier molecular flexibility index (Phi) is 4.08. The Bertz CT molecular complexity index is 469. The molecule has 0 saturated carbocycles. The fraction of sp³-hybridized carbons (Fsp3) is 0.600. The van der Waals surface area contributed by atoms with E-state index in [9.17, 15) is 13.2 Å². The molecule has 21 heavy (non-hydrogen) atoms. The summed E-state index contributed by atoms with van der Waals surface area (Å²) in [4.78, 5) is 2.11. The molecule has 2 heterocycles. The summed E-state index contributed by atoms with van der Waals surface area (Å²) in [5.41, 5.74) is 0.216. The molecule has 0 unspecified atom stereocenters. The number of halogens is 3. The van der Waals surface area contributed by atoms with Gasteiger partial charge in [0.25, 0.3) is 0 Å². The van der Waals surface area contributed by atoms with Gasteiger partial charge in [-0.2, -0.15) is 13.2 Å². The van der Waals surface area contributed by atoms with Crippen molar-refractivity contribution >= 4 is 5.69 Å². The third-order valence-corrected chi connectivity index (χ3v) is 4.05. The summed E-state index contributed by atoms with van der Waals surface area (Å²) in [5, 5.41) is 0. The van der Waals surface area contributed by atoms with Crippen LogP contribution in [0.1, 0.15) is 18.4 Å². The van der Waals surface area contributed by atoms with Crippen molar-refractivity contribution in [2.75, 3.05) is 31.2 Å². The Morgan fingerprint density at radius 2 is 1.71 bits per heavy atom. The molecule has 2 fully saturated rings. The van der Waals surface area contributed by atoms with Crippen LogP contribution in [0.3, 0.4) is 0 Å². The number of nitrogens with zero attached hydrogens (tertiary/aromatic N) is 1. The molecule has 2 aliphatic rings. The number of piperidine rings is 1. The lowest BCUT2D eigenvalue weighted by Gasteiger charge is -2.36. The van der Waals surface area contributed by atoms with Gasteiger partial charge in [0.1, 0.15) is 0 Å². The van der Waals surface area contributed by atoms with E-state index in [1.807, 2.05) is 0 Å². The summed E-state index contributed by atoms with van der Waals surface area (Å²) in [6.07, 6.45) is -2.42. The van der Waals surface area contributed by atoms with Crippen molar-refractivity contribution < 1.29 is 22.6 Å². The van der Waals surface area contributed by atoms with E-state index in [0.29, 0.717) is 13.2 Å². The van der Waals surface area contributed by atoms with Gasteiger partial charge in [-0.3, -0.25) is 0 Å². The Balaban J connectivity index is 1.68. The molecular weight excluding hydrogens is 283 g/mol. The highest BCUT2D eigenvalue weighted by Crippen LogP contribution is 2.32. The number of hydrogen-bond donors (Lipinski definition) is 0. The lowest BCUT2D eigenvalue weighted by molar-refractivity contribution is -0.137. The maximum Gasteiger partial charge on any atom is 0.416 e. The highest BCUT2D eigenvalue weighted by atomic mass is 19.4. The number of ether oxygens (including phenoxy) is 2. The van der Waals surface area contributed by atoms with Crippen LogP contribution < -0.4 is 4.90 Å². The lowest BCUT2D eigenvalue weighted by atomic mass is 9.97. The van der Waals surface area contributed by atoms with Gasteiger partial charge < -0.3 is 14.4 Å². The number of benzene rings is 1. The SMILES string of the molecule is FC(F)(F)c1ccc(N2CCC[C@@H](C3OCCO3)C2)cc1. The first-order valence-electron chi connectivity index (χ1n) is 7.19. The van der Waals surface area contributed by atoms with Crippen LogP contribution in [0.4, 0.5) is 18.9 Å². The maximum atomic E-state index is 12.6. The minimum Gasteiger partial charge on any atom is -0.371 e. The minimum atomic E-state index is -4.28. The normalized spacial score (nSPS) is 24.5. The summed E-state index contributed by atoms with van der Waals surface area (Å²) in [5.74, 6) is 0.281. The number of rotatable bonds is 2. The molecule has 1 atom stereocenters. The summed E-state index contributed by atoms with van der Waals surface area (Å²) in [6.45, 7) is 2.87. The highest BCUT2D eigenvalue weighted by molar-refractivity contribution is 5.48. The fourth-order valence-electron chi connectivity index (χ4n) is 2.98. The van der Waals surface area contributed by atoms with Gasteiger partial charge in [0.15, 0.2) is 6.29 Å². The molecule has 0 N–H and O–H groups in total. The van der Waals surface area contributed by atoms with Gasteiger partial charge in [-0.1, -0.05) is 0 Å². The molecule has 3 nitrogen and oxygen atoms in total. The molecule has 2 saturated heterocycles. The fourth-order valence-corrected chi connectivity index (χ4v) is 2.98. The number of alkyl halides is 3. The third kappa shape index (κ3) is 3.32. The molecule has 0 spiro atoms. The van der Waals surface area contributed by atoms with Gasteiger partial charge in [-0.05, 0) is 37.1 Å². The van der Waals surface area contributed by atoms with Crippen molar-refractivity contribution in [2.45, 2.75) is 25.3 Å². The van der Waals surface area contributed by atoms with Crippen molar-refractivity contribution in [3.63, 3.8) is 0 Å². The van der Waals surface area contributed by atoms with E-state index in [2.05, 4.69) is 4.90 Å². The molecule has 0 radical (unpaired) electrons. The van der Waals surface area contributed by atoms with E-state index in [1.54, 1.807) is 12.1 Å². The molecule has 116 valence electrons. The van der Waals surface area contributed by atoms with Crippen LogP contribution in [-0.2, 0) is 15.7 Å². The molecule has 1 aromatic rings. The van der Waals surface area contributed by atoms with E-state index >= 15 is 0 Å². The molecule has 2 aliphatic heterocycles. The second-order valence-electron chi connectivity index (χ2n) is 5.50. The highest BCUT2D eigenvalue weighted by Gasteiger charge is 2.32. The number of hydrogen-bond acceptors (Lipinski definition) is 3. The monoisotopic (exact) mass is 301 g/mol. The lowest BCUT2D eigenvalue weighted by Crippen LogP contribution is -2.40. The summed E-state index contributed by atoms with van der Waals surface area (Å²) in [7, 11) is 0. The van der Waals surface area contributed by atoms with Crippen molar-refractivity contribution in [3.05, 3.63) is 29.8 Å². The Morgan fingerprint density at radius 1 is 1.05 bits per heavy atom. The molecule has 3 rings (SSSR count). The molecule has 0 aromatic heterocycles. The van der Waals surface area contributed by atoms with Crippen LogP contribution in [0.25, 0.3) is 0 Å². The van der Waals surface area contributed by atoms with Gasteiger partial charge in [0.05, 0.1) is 18.8 Å². The van der Waals surface area contributed by atoms with Gasteiger partial charge in [-0.25, -0.2) is 0 Å². The molecule has 0 amide bonds. The Morgan fingerprint density at radius 3 is 2.33 bits per heavy atom. The van der Waals surface area contributed by atoms with Gasteiger partial charge in [0, 0.05) is 24.7 Å². The standard InChI is InChI=1S/C15H18F3NO2/c16-15(17,18)12-3-5-13(6-4-12)19-7-1-2-11(10-19)14-20-8-9-21-14/h3-6,11,14H,1-2,7-10H2/t11-/m1/s1. The second-order valence-corrected chi connectivity index (χ2v) is 5.50. The second kappa shape index (κ2) is 5.85. The largest absolute Gasteiger partial charge is 0.416 e. The first-order valence-corrected chi connectivity index (χ1v) is 7.19. The first kappa shape index (κ1) is 14.7. The molecule has 0 aliphatic carbocycles. The third-order valence-electron chi connectivity index (χ3n) is 4.05. The van der Waals surface area contributed by atoms with E-state index in [4.69, 9.17) is 9.47 Å². The smallest absolute Gasteiger partial charge is 0.371 e. The zero-order valence-electron chi connectivity index (χ0n) is 11.6. The van der Waals surface area contributed by atoms with Gasteiger partial charge >= 0.3 is 6.18 Å². The minimum absolute atomic E-state index is 0.165. The molecule has 6 heteroatoms. The molecule has 1 aromatic carbocycles. The van der Waals surface area contributed by atoms with Gasteiger partial charge in [0.2, 0.25) is 0 Å². The van der Waals surface area contributed by atoms with E-state index in [0.717, 1.165) is 43.8 Å². The van der Waals surface area contributed by atoms with E-state index < -0.39 is 11.7 Å². The summed E-state index contributed by atoms with van der Waals surface area (Å²) < 4.78 is 48.8. The summed E-state index contributed by atoms with van der Waals surface area (Å²) in [6, 6.07) is 5.37. The van der Waals surface area contributed by atoms with E-state index in [-0.39, 0.29) is 12.2 Å². The molecule has 0 bridgehead atoms. The zero-order chi connectivity index (χ0) is 14.9. The topological polar surface area (TPSA) is 21.7 Å². The average Bonchev–Trinajstić information content (AvgIpc) is 3.01. The van der Waals surface area contributed by atoms with Crippen LogP contribution in [0, 0.1) is 5.92 Å². The van der Waals surface area contributed by atoms with Crippen molar-refractivity contribution in [1.29, 1.82) is 0 Å². The van der Waals surface area contributed by atoms with Crippen LogP contribution in [-0.4, -0.2) is 32.6 Å². The van der Waals surface area contributed by atoms with Crippen LogP contribution in [0.2, 0.25) is 0 Å². The van der Waals surface area contributed by atoms with Crippen LogP contribution in [0.15, 0.2) is 24.3 Å². The number of anilines is 1.